The third-order valence-electron chi connectivity index (χ3n) is 3.53. The number of rotatable bonds is 3. The molecule has 0 saturated heterocycles. The minimum absolute atomic E-state index is 0.0464. The van der Waals surface area contributed by atoms with E-state index >= 15 is 0 Å². The van der Waals surface area contributed by atoms with Gasteiger partial charge in [-0.2, -0.15) is 0 Å². The molecule has 80 valence electrons. The molecule has 1 aromatic carbocycles. The van der Waals surface area contributed by atoms with Crippen LogP contribution in [0.15, 0.2) is 24.3 Å². The first-order valence-electron chi connectivity index (χ1n) is 5.76. The second-order valence-electron chi connectivity index (χ2n) is 4.85. The third-order valence-corrected chi connectivity index (χ3v) is 3.53. The van der Waals surface area contributed by atoms with Gasteiger partial charge in [0, 0.05) is 5.41 Å². The Balaban J connectivity index is 2.12. The molecule has 15 heavy (non-hydrogen) atoms. The summed E-state index contributed by atoms with van der Waals surface area (Å²) < 4.78 is 0. The molecule has 0 atom stereocenters. The van der Waals surface area contributed by atoms with Crippen molar-refractivity contribution in [2.24, 2.45) is 5.41 Å². The molecular formula is C14H18O. The van der Waals surface area contributed by atoms with Crippen molar-refractivity contribution in [2.45, 2.75) is 39.0 Å². The van der Waals surface area contributed by atoms with E-state index in [-0.39, 0.29) is 5.41 Å². The standard InChI is InChI=1S/C14H18O/c1-12-4-6-13(7-5-12)10-14(11-15)8-2-3-9-14/h4-7,11H,2-3,8-10H2,1H3. The average Bonchev–Trinajstić information content (AvgIpc) is 2.71. The van der Waals surface area contributed by atoms with Gasteiger partial charge in [0.15, 0.2) is 0 Å². The number of benzene rings is 1. The lowest BCUT2D eigenvalue weighted by molar-refractivity contribution is -0.115. The summed E-state index contributed by atoms with van der Waals surface area (Å²) in [6.45, 7) is 2.09. The molecule has 1 aliphatic carbocycles. The molecule has 0 aliphatic heterocycles. The topological polar surface area (TPSA) is 17.1 Å². The zero-order valence-electron chi connectivity index (χ0n) is 9.33. The highest BCUT2D eigenvalue weighted by molar-refractivity contribution is 5.60. The maximum absolute atomic E-state index is 11.2. The molecule has 1 saturated carbocycles. The van der Waals surface area contributed by atoms with Crippen molar-refractivity contribution in [1.82, 2.24) is 0 Å². The van der Waals surface area contributed by atoms with E-state index in [0.717, 1.165) is 19.3 Å². The van der Waals surface area contributed by atoms with Crippen LogP contribution in [0.1, 0.15) is 36.8 Å². The van der Waals surface area contributed by atoms with Gasteiger partial charge in [0.1, 0.15) is 6.29 Å². The van der Waals surface area contributed by atoms with E-state index in [4.69, 9.17) is 0 Å². The van der Waals surface area contributed by atoms with Crippen molar-refractivity contribution in [1.29, 1.82) is 0 Å². The van der Waals surface area contributed by atoms with E-state index in [2.05, 4.69) is 31.2 Å². The van der Waals surface area contributed by atoms with Crippen molar-refractivity contribution < 1.29 is 4.79 Å². The number of aryl methyl sites for hydroxylation is 1. The second-order valence-corrected chi connectivity index (χ2v) is 4.85. The fourth-order valence-corrected chi connectivity index (χ4v) is 2.53. The van der Waals surface area contributed by atoms with Crippen LogP contribution in [0, 0.1) is 12.3 Å². The Morgan fingerprint density at radius 1 is 1.20 bits per heavy atom. The Labute approximate surface area is 91.5 Å². The molecule has 0 radical (unpaired) electrons. The van der Waals surface area contributed by atoms with E-state index in [1.807, 2.05) is 0 Å². The van der Waals surface area contributed by atoms with Crippen molar-refractivity contribution in [3.8, 4) is 0 Å². The Morgan fingerprint density at radius 2 is 1.80 bits per heavy atom. The molecule has 1 aliphatic rings. The molecule has 0 unspecified atom stereocenters. The van der Waals surface area contributed by atoms with Gasteiger partial charge in [-0.15, -0.1) is 0 Å². The number of carbonyl (C=O) groups is 1. The van der Waals surface area contributed by atoms with Gasteiger partial charge in [0.2, 0.25) is 0 Å². The molecule has 0 aromatic heterocycles. The number of hydrogen-bond donors (Lipinski definition) is 0. The van der Waals surface area contributed by atoms with Crippen LogP contribution in [-0.4, -0.2) is 6.29 Å². The van der Waals surface area contributed by atoms with Crippen LogP contribution in [-0.2, 0) is 11.2 Å². The van der Waals surface area contributed by atoms with Gasteiger partial charge in [-0.1, -0.05) is 42.7 Å². The smallest absolute Gasteiger partial charge is 0.126 e. The lowest BCUT2D eigenvalue weighted by Crippen LogP contribution is -2.21. The zero-order chi connectivity index (χ0) is 10.7. The van der Waals surface area contributed by atoms with Gasteiger partial charge >= 0.3 is 0 Å². The first-order chi connectivity index (χ1) is 7.24. The maximum atomic E-state index is 11.2. The first-order valence-corrected chi connectivity index (χ1v) is 5.76. The van der Waals surface area contributed by atoms with E-state index in [9.17, 15) is 4.79 Å². The van der Waals surface area contributed by atoms with Crippen molar-refractivity contribution in [3.05, 3.63) is 35.4 Å². The van der Waals surface area contributed by atoms with Crippen LogP contribution in [0.25, 0.3) is 0 Å². The third kappa shape index (κ3) is 2.28. The number of aldehydes is 1. The number of carbonyl (C=O) groups excluding carboxylic acids is 1. The van der Waals surface area contributed by atoms with E-state index in [1.54, 1.807) is 0 Å². The van der Waals surface area contributed by atoms with Crippen LogP contribution in [0.2, 0.25) is 0 Å². The highest BCUT2D eigenvalue weighted by Gasteiger charge is 2.33. The largest absolute Gasteiger partial charge is 0.303 e. The van der Waals surface area contributed by atoms with Gasteiger partial charge in [-0.25, -0.2) is 0 Å². The van der Waals surface area contributed by atoms with Gasteiger partial charge in [0.25, 0.3) is 0 Å². The fourth-order valence-electron chi connectivity index (χ4n) is 2.53. The Morgan fingerprint density at radius 3 is 2.33 bits per heavy atom. The van der Waals surface area contributed by atoms with Crippen LogP contribution in [0.4, 0.5) is 0 Å². The SMILES string of the molecule is Cc1ccc(CC2(C=O)CCCC2)cc1. The predicted octanol–water partition coefficient (Wildman–Crippen LogP) is 3.30. The quantitative estimate of drug-likeness (QED) is 0.687. The minimum Gasteiger partial charge on any atom is -0.303 e. The lowest BCUT2D eigenvalue weighted by Gasteiger charge is -2.21. The van der Waals surface area contributed by atoms with Crippen LogP contribution in [0.3, 0.4) is 0 Å². The average molecular weight is 202 g/mol. The monoisotopic (exact) mass is 202 g/mol. The second kappa shape index (κ2) is 4.18. The molecule has 1 fully saturated rings. The molecule has 0 spiro atoms. The predicted molar refractivity (Wildman–Crippen MR) is 61.8 cm³/mol. The van der Waals surface area contributed by atoms with Gasteiger partial charge in [0.05, 0.1) is 0 Å². The summed E-state index contributed by atoms with van der Waals surface area (Å²) in [6.07, 6.45) is 6.70. The molecule has 1 nitrogen and oxygen atoms in total. The Bertz CT molecular complexity index is 331. The van der Waals surface area contributed by atoms with Crippen molar-refractivity contribution in [2.75, 3.05) is 0 Å². The van der Waals surface area contributed by atoms with Crippen LogP contribution >= 0.6 is 0 Å². The molecule has 0 amide bonds. The van der Waals surface area contributed by atoms with Gasteiger partial charge < -0.3 is 4.79 Å². The highest BCUT2D eigenvalue weighted by Crippen LogP contribution is 2.39. The molecule has 1 aromatic rings. The normalized spacial score (nSPS) is 19.0. The van der Waals surface area contributed by atoms with Crippen molar-refractivity contribution >= 4 is 6.29 Å². The van der Waals surface area contributed by atoms with E-state index in [0.29, 0.717) is 0 Å². The number of hydrogen-bond acceptors (Lipinski definition) is 1. The lowest BCUT2D eigenvalue weighted by atomic mass is 9.81. The Kier molecular flexibility index (Phi) is 2.90. The summed E-state index contributed by atoms with van der Waals surface area (Å²) >= 11 is 0. The van der Waals surface area contributed by atoms with Gasteiger partial charge in [-0.05, 0) is 31.7 Å². The summed E-state index contributed by atoms with van der Waals surface area (Å²) in [7, 11) is 0. The summed E-state index contributed by atoms with van der Waals surface area (Å²) in [5.74, 6) is 0. The summed E-state index contributed by atoms with van der Waals surface area (Å²) in [5.41, 5.74) is 2.54. The molecule has 0 N–H and O–H groups in total. The molecule has 0 heterocycles. The van der Waals surface area contributed by atoms with E-state index < -0.39 is 0 Å². The first kappa shape index (κ1) is 10.4. The highest BCUT2D eigenvalue weighted by atomic mass is 16.1. The fraction of sp³-hybridized carbons (Fsp3) is 0.500. The van der Waals surface area contributed by atoms with Crippen LogP contribution < -0.4 is 0 Å². The molecular weight excluding hydrogens is 184 g/mol. The maximum Gasteiger partial charge on any atom is 0.126 e. The van der Waals surface area contributed by atoms with Crippen molar-refractivity contribution in [3.63, 3.8) is 0 Å². The molecule has 1 heteroatoms. The molecule has 0 bridgehead atoms. The summed E-state index contributed by atoms with van der Waals surface area (Å²) in [5, 5.41) is 0. The molecule has 2 rings (SSSR count). The Hall–Kier alpha value is -1.11. The van der Waals surface area contributed by atoms with Crippen LogP contribution in [0.5, 0.6) is 0 Å². The van der Waals surface area contributed by atoms with Gasteiger partial charge in [-0.3, -0.25) is 0 Å². The zero-order valence-corrected chi connectivity index (χ0v) is 9.33. The van der Waals surface area contributed by atoms with E-state index in [1.165, 1.54) is 30.3 Å². The minimum atomic E-state index is -0.0464. The summed E-state index contributed by atoms with van der Waals surface area (Å²) in [6, 6.07) is 8.56. The summed E-state index contributed by atoms with van der Waals surface area (Å²) in [4.78, 5) is 11.2.